The van der Waals surface area contributed by atoms with Crippen molar-refractivity contribution in [2.45, 2.75) is 17.1 Å². The number of alkyl halides is 3. The van der Waals surface area contributed by atoms with Gasteiger partial charge in [0.2, 0.25) is 0 Å². The number of methoxy groups -OCH3 is 1. The Morgan fingerprint density at radius 1 is 0.738 bits per heavy atom. The van der Waals surface area contributed by atoms with Crippen LogP contribution in [0.2, 0.25) is 5.02 Å². The third-order valence-electron chi connectivity index (χ3n) is 8.50. The molecule has 0 saturated heterocycles. The van der Waals surface area contributed by atoms with Crippen LogP contribution in [0.4, 0.5) is 13.2 Å². The molecule has 0 saturated carbocycles. The molecule has 2 aliphatic rings. The van der Waals surface area contributed by atoms with Crippen molar-refractivity contribution in [3.05, 3.63) is 172 Å². The number of nitrogens with zero attached hydrogens (tertiary/aromatic N) is 1. The first-order valence-electron chi connectivity index (χ1n) is 13.6. The molecular formula is C36H25ClF3NO. The quantitative estimate of drug-likeness (QED) is 0.207. The molecule has 1 atom stereocenters. The summed E-state index contributed by atoms with van der Waals surface area (Å²) in [4.78, 5) is 0. The van der Waals surface area contributed by atoms with Crippen LogP contribution in [0.25, 0.3) is 10.9 Å². The summed E-state index contributed by atoms with van der Waals surface area (Å²) in [6.07, 6.45) is 4.84. The standard InChI is InChI=1S/C36H25ClF3NO/c1-42-28-19-16-24(17-20-28)34-22-10-4-9-15-31(34)35(25-11-5-2-6-12-25,26-13-7-3-8-14-26)41-30-21-18-27(37)23-29(30)32(33(34)41)36(38,39)40/h2-23H,1H3. The summed E-state index contributed by atoms with van der Waals surface area (Å²) in [6, 6.07) is 31.7. The predicted octanol–water partition coefficient (Wildman–Crippen LogP) is 9.47. The van der Waals surface area contributed by atoms with Crippen molar-refractivity contribution in [3.8, 4) is 5.75 Å². The number of aromatic nitrogens is 1. The van der Waals surface area contributed by atoms with Gasteiger partial charge in [0.15, 0.2) is 0 Å². The molecule has 1 aliphatic heterocycles. The van der Waals surface area contributed by atoms with Gasteiger partial charge in [0.25, 0.3) is 0 Å². The van der Waals surface area contributed by atoms with Gasteiger partial charge in [0.05, 0.1) is 29.3 Å². The molecule has 1 aromatic heterocycles. The summed E-state index contributed by atoms with van der Waals surface area (Å²) in [5.74, 6) is 0.621. The van der Waals surface area contributed by atoms with Gasteiger partial charge >= 0.3 is 6.18 Å². The van der Waals surface area contributed by atoms with Crippen molar-refractivity contribution in [1.29, 1.82) is 0 Å². The Kier molecular flexibility index (Phi) is 6.00. The second-order valence-electron chi connectivity index (χ2n) is 10.5. The summed E-state index contributed by atoms with van der Waals surface area (Å²) >= 11 is 6.39. The molecule has 0 fully saturated rings. The van der Waals surface area contributed by atoms with Crippen LogP contribution in [0.5, 0.6) is 5.75 Å². The third-order valence-corrected chi connectivity index (χ3v) is 8.73. The van der Waals surface area contributed by atoms with Gasteiger partial charge in [0.1, 0.15) is 11.3 Å². The monoisotopic (exact) mass is 579 g/mol. The maximum Gasteiger partial charge on any atom is 0.418 e. The maximum atomic E-state index is 15.5. The van der Waals surface area contributed by atoms with E-state index in [4.69, 9.17) is 16.3 Å². The van der Waals surface area contributed by atoms with Crippen LogP contribution in [-0.4, -0.2) is 11.7 Å². The van der Waals surface area contributed by atoms with E-state index in [0.717, 1.165) is 16.7 Å². The average Bonchev–Trinajstić information content (AvgIpc) is 3.35. The zero-order valence-electron chi connectivity index (χ0n) is 22.6. The summed E-state index contributed by atoms with van der Waals surface area (Å²) in [5, 5.41) is 0.313. The lowest BCUT2D eigenvalue weighted by atomic mass is 9.64. The number of ether oxygens (including phenoxy) is 1. The fourth-order valence-electron chi connectivity index (χ4n) is 6.98. The molecule has 6 heteroatoms. The van der Waals surface area contributed by atoms with E-state index in [1.807, 2.05) is 108 Å². The predicted molar refractivity (Wildman–Crippen MR) is 161 cm³/mol. The van der Waals surface area contributed by atoms with Gasteiger partial charge in [-0.1, -0.05) is 115 Å². The van der Waals surface area contributed by atoms with E-state index in [1.165, 1.54) is 6.07 Å². The Hall–Kier alpha value is -4.48. The van der Waals surface area contributed by atoms with Crippen molar-refractivity contribution < 1.29 is 17.9 Å². The first kappa shape index (κ1) is 26.4. The average molecular weight is 580 g/mol. The van der Waals surface area contributed by atoms with Crippen molar-refractivity contribution in [3.63, 3.8) is 0 Å². The summed E-state index contributed by atoms with van der Waals surface area (Å²) in [7, 11) is 1.57. The smallest absolute Gasteiger partial charge is 0.418 e. The molecule has 0 bridgehead atoms. The molecule has 0 amide bonds. The van der Waals surface area contributed by atoms with Crippen molar-refractivity contribution >= 4 is 22.5 Å². The van der Waals surface area contributed by atoms with E-state index >= 15 is 13.2 Å². The normalized spacial score (nSPS) is 18.8. The highest BCUT2D eigenvalue weighted by Gasteiger charge is 2.62. The van der Waals surface area contributed by atoms with Gasteiger partial charge in [-0.05, 0) is 52.6 Å². The number of allylic oxidation sites excluding steroid dienone is 6. The number of benzene rings is 4. The van der Waals surface area contributed by atoms with E-state index < -0.39 is 22.7 Å². The fraction of sp³-hybridized carbons (Fsp3) is 0.111. The fourth-order valence-corrected chi connectivity index (χ4v) is 7.15. The second-order valence-corrected chi connectivity index (χ2v) is 11.0. The van der Waals surface area contributed by atoms with Crippen LogP contribution in [0.1, 0.15) is 27.9 Å². The first-order chi connectivity index (χ1) is 20.3. The Balaban J connectivity index is 1.79. The van der Waals surface area contributed by atoms with E-state index in [9.17, 15) is 0 Å². The molecule has 4 aromatic carbocycles. The molecule has 2 heterocycles. The van der Waals surface area contributed by atoms with Crippen LogP contribution in [0.15, 0.2) is 139 Å². The Bertz CT molecular complexity index is 1860. The Morgan fingerprint density at radius 2 is 1.38 bits per heavy atom. The summed E-state index contributed by atoms with van der Waals surface area (Å²) in [5.41, 5.74) is 0.673. The van der Waals surface area contributed by atoms with Gasteiger partial charge in [0, 0.05) is 10.4 Å². The second kappa shape index (κ2) is 9.53. The molecule has 0 spiro atoms. The van der Waals surface area contributed by atoms with Crippen molar-refractivity contribution in [2.24, 2.45) is 0 Å². The number of hydrogen-bond acceptors (Lipinski definition) is 1. The van der Waals surface area contributed by atoms with E-state index in [2.05, 4.69) is 0 Å². The van der Waals surface area contributed by atoms with Gasteiger partial charge in [-0.15, -0.1) is 0 Å². The van der Waals surface area contributed by atoms with Gasteiger partial charge in [-0.2, -0.15) is 13.2 Å². The number of rotatable bonds is 4. The topological polar surface area (TPSA) is 14.2 Å². The molecule has 1 aliphatic carbocycles. The highest BCUT2D eigenvalue weighted by atomic mass is 35.5. The first-order valence-corrected chi connectivity index (χ1v) is 14.0. The van der Waals surface area contributed by atoms with Crippen LogP contribution in [-0.2, 0) is 17.1 Å². The lowest BCUT2D eigenvalue weighted by Crippen LogP contribution is -2.38. The minimum absolute atomic E-state index is 0.0683. The third kappa shape index (κ3) is 3.53. The lowest BCUT2D eigenvalue weighted by Gasteiger charge is -2.39. The molecule has 0 radical (unpaired) electrons. The number of hydrogen-bond donors (Lipinski definition) is 0. The molecule has 5 aromatic rings. The van der Waals surface area contributed by atoms with Crippen molar-refractivity contribution in [1.82, 2.24) is 4.57 Å². The highest BCUT2D eigenvalue weighted by Crippen LogP contribution is 2.64. The highest BCUT2D eigenvalue weighted by molar-refractivity contribution is 6.31. The number of halogens is 4. The maximum absolute atomic E-state index is 15.5. The molecule has 2 nitrogen and oxygen atoms in total. The zero-order chi connectivity index (χ0) is 29.1. The molecule has 42 heavy (non-hydrogen) atoms. The SMILES string of the molecule is COc1ccc(C23C=CC=CC=C2C(c2ccccc2)(c2ccccc2)n2c3c(C(F)(F)F)c3cc(Cl)ccc32)cc1. The van der Waals surface area contributed by atoms with Crippen molar-refractivity contribution in [2.75, 3.05) is 7.11 Å². The van der Waals surface area contributed by atoms with Crippen LogP contribution in [0.3, 0.4) is 0 Å². The minimum Gasteiger partial charge on any atom is -0.497 e. The van der Waals surface area contributed by atoms with Crippen LogP contribution < -0.4 is 4.74 Å². The Morgan fingerprint density at radius 3 is 1.98 bits per heavy atom. The summed E-state index contributed by atoms with van der Waals surface area (Å²) in [6.45, 7) is 0. The van der Waals surface area contributed by atoms with Gasteiger partial charge in [-0.3, -0.25) is 0 Å². The molecule has 0 N–H and O–H groups in total. The van der Waals surface area contributed by atoms with E-state index in [1.54, 1.807) is 31.4 Å². The molecular weight excluding hydrogens is 555 g/mol. The Labute approximate surface area is 246 Å². The largest absolute Gasteiger partial charge is 0.497 e. The van der Waals surface area contributed by atoms with E-state index in [-0.39, 0.29) is 16.1 Å². The zero-order valence-corrected chi connectivity index (χ0v) is 23.3. The van der Waals surface area contributed by atoms with Gasteiger partial charge < -0.3 is 9.30 Å². The van der Waals surface area contributed by atoms with E-state index in [0.29, 0.717) is 16.8 Å². The molecule has 208 valence electrons. The van der Waals surface area contributed by atoms with Gasteiger partial charge in [-0.25, -0.2) is 0 Å². The summed E-state index contributed by atoms with van der Waals surface area (Å²) < 4.78 is 53.9. The molecule has 1 unspecified atom stereocenters. The molecule has 7 rings (SSSR count). The minimum atomic E-state index is -4.68. The lowest BCUT2D eigenvalue weighted by molar-refractivity contribution is -0.137. The number of fused-ring (bicyclic) bond motifs is 5. The van der Waals surface area contributed by atoms with Crippen LogP contribution >= 0.6 is 11.6 Å². The van der Waals surface area contributed by atoms with Crippen LogP contribution in [0, 0.1) is 0 Å².